The second-order valence-electron chi connectivity index (χ2n) is 4.15. The number of nitrogens with two attached hydrogens (primary N) is 1. The molecule has 0 aliphatic heterocycles. The van der Waals surface area contributed by atoms with E-state index in [4.69, 9.17) is 10.5 Å². The summed E-state index contributed by atoms with van der Waals surface area (Å²) in [5.74, 6) is -1.79. The van der Waals surface area contributed by atoms with E-state index < -0.39 is 34.6 Å². The number of nitro groups is 1. The molecule has 0 saturated heterocycles. The number of rotatable bonds is 4. The van der Waals surface area contributed by atoms with Crippen molar-refractivity contribution in [3.05, 3.63) is 33.9 Å². The van der Waals surface area contributed by atoms with Crippen molar-refractivity contribution in [1.82, 2.24) is 10.6 Å². The van der Waals surface area contributed by atoms with Gasteiger partial charge in [-0.1, -0.05) is 0 Å². The molecule has 0 radical (unpaired) electrons. The third-order valence-electron chi connectivity index (χ3n) is 2.58. The van der Waals surface area contributed by atoms with Gasteiger partial charge >= 0.3 is 12.0 Å². The fraction of sp³-hybridized carbons (Fsp3) is 0.250. The highest BCUT2D eigenvalue weighted by molar-refractivity contribution is 5.98. The maximum atomic E-state index is 11.8. The van der Waals surface area contributed by atoms with Gasteiger partial charge in [0.25, 0.3) is 11.6 Å². The minimum atomic E-state index is -1.26. The molecular weight excluding hydrogens is 296 g/mol. The molecule has 1 aromatic carbocycles. The van der Waals surface area contributed by atoms with Crippen molar-refractivity contribution >= 4 is 29.3 Å². The molecule has 0 aromatic heterocycles. The zero-order chi connectivity index (χ0) is 16.9. The molecule has 0 saturated carbocycles. The number of nitrogens with one attached hydrogen (secondary N) is 2. The number of urea groups is 1. The minimum absolute atomic E-state index is 0.105. The molecule has 1 aromatic rings. The molecule has 22 heavy (non-hydrogen) atoms. The Morgan fingerprint density at radius 1 is 1.36 bits per heavy atom. The molecular formula is C12H14N4O6. The van der Waals surface area contributed by atoms with Gasteiger partial charge in [0.2, 0.25) is 0 Å². The Morgan fingerprint density at radius 2 is 2.00 bits per heavy atom. The maximum Gasteiger partial charge on any atom is 0.339 e. The van der Waals surface area contributed by atoms with Crippen molar-refractivity contribution in [2.45, 2.75) is 13.0 Å². The number of nitrogen functional groups attached to an aromatic ring is 1. The number of esters is 1. The Kier molecular flexibility index (Phi) is 5.38. The van der Waals surface area contributed by atoms with Crippen molar-refractivity contribution in [3.63, 3.8) is 0 Å². The van der Waals surface area contributed by atoms with Crippen LogP contribution in [0.15, 0.2) is 18.2 Å². The Labute approximate surface area is 124 Å². The van der Waals surface area contributed by atoms with Gasteiger partial charge in [-0.2, -0.15) is 0 Å². The van der Waals surface area contributed by atoms with Crippen LogP contribution < -0.4 is 16.4 Å². The second-order valence-corrected chi connectivity index (χ2v) is 4.15. The van der Waals surface area contributed by atoms with Gasteiger partial charge in [0.1, 0.15) is 5.69 Å². The first-order valence-corrected chi connectivity index (χ1v) is 6.03. The monoisotopic (exact) mass is 310 g/mol. The van der Waals surface area contributed by atoms with Gasteiger partial charge in [-0.25, -0.2) is 9.59 Å². The van der Waals surface area contributed by atoms with Crippen LogP contribution in [0.4, 0.5) is 16.2 Å². The van der Waals surface area contributed by atoms with Gasteiger partial charge in [-0.05, 0) is 19.1 Å². The van der Waals surface area contributed by atoms with Crippen molar-refractivity contribution in [2.24, 2.45) is 0 Å². The quantitative estimate of drug-likeness (QED) is 0.310. The third-order valence-corrected chi connectivity index (χ3v) is 2.58. The number of benzene rings is 1. The largest absolute Gasteiger partial charge is 0.449 e. The number of nitrogens with zero attached hydrogens (tertiary/aromatic N) is 1. The van der Waals surface area contributed by atoms with Gasteiger partial charge in [0, 0.05) is 13.1 Å². The van der Waals surface area contributed by atoms with E-state index in [1.54, 1.807) is 0 Å². The average Bonchev–Trinajstić information content (AvgIpc) is 2.46. The molecule has 1 atom stereocenters. The highest BCUT2D eigenvalue weighted by atomic mass is 16.6. The van der Waals surface area contributed by atoms with Crippen LogP contribution in [0.5, 0.6) is 0 Å². The summed E-state index contributed by atoms with van der Waals surface area (Å²) in [5.41, 5.74) is 4.72. The molecule has 0 fully saturated rings. The molecule has 0 spiro atoms. The van der Waals surface area contributed by atoms with E-state index >= 15 is 0 Å². The summed E-state index contributed by atoms with van der Waals surface area (Å²) in [6, 6.07) is 2.61. The first kappa shape index (κ1) is 16.9. The van der Waals surface area contributed by atoms with Crippen molar-refractivity contribution in [2.75, 3.05) is 12.8 Å². The van der Waals surface area contributed by atoms with Crippen LogP contribution in [0.3, 0.4) is 0 Å². The molecule has 4 N–H and O–H groups in total. The molecule has 0 bridgehead atoms. The highest BCUT2D eigenvalue weighted by Crippen LogP contribution is 2.22. The number of hydrogen-bond acceptors (Lipinski definition) is 7. The predicted octanol–water partition coefficient (Wildman–Crippen LogP) is 0.178. The lowest BCUT2D eigenvalue weighted by molar-refractivity contribution is -0.383. The van der Waals surface area contributed by atoms with E-state index in [1.807, 2.05) is 5.32 Å². The zero-order valence-electron chi connectivity index (χ0n) is 11.8. The van der Waals surface area contributed by atoms with Crippen LogP contribution in [0, 0.1) is 10.1 Å². The van der Waals surface area contributed by atoms with Crippen LogP contribution in [0.25, 0.3) is 0 Å². The Balaban J connectivity index is 2.81. The van der Waals surface area contributed by atoms with Crippen LogP contribution in [-0.4, -0.2) is 36.0 Å². The lowest BCUT2D eigenvalue weighted by Gasteiger charge is -2.12. The number of carbonyl (C=O) groups is 3. The van der Waals surface area contributed by atoms with E-state index in [2.05, 4.69) is 5.32 Å². The van der Waals surface area contributed by atoms with E-state index in [9.17, 15) is 24.5 Å². The van der Waals surface area contributed by atoms with Crippen LogP contribution >= 0.6 is 0 Å². The SMILES string of the molecule is CNC(=O)NC(=O)[C@@H](C)OC(=O)c1ccc(N)c([N+](=O)[O-])c1. The summed E-state index contributed by atoms with van der Waals surface area (Å²) in [6.45, 7) is 1.25. The molecule has 0 aliphatic carbocycles. The van der Waals surface area contributed by atoms with Crippen LogP contribution in [0.1, 0.15) is 17.3 Å². The minimum Gasteiger partial charge on any atom is -0.449 e. The first-order chi connectivity index (χ1) is 10.3. The van der Waals surface area contributed by atoms with E-state index in [0.717, 1.165) is 6.07 Å². The molecule has 0 aliphatic rings. The molecule has 3 amide bonds. The van der Waals surface area contributed by atoms with E-state index in [1.165, 1.54) is 26.1 Å². The van der Waals surface area contributed by atoms with Crippen molar-refractivity contribution in [1.29, 1.82) is 0 Å². The molecule has 118 valence electrons. The lowest BCUT2D eigenvalue weighted by atomic mass is 10.2. The number of anilines is 1. The molecule has 10 heteroatoms. The average molecular weight is 310 g/mol. The summed E-state index contributed by atoms with van der Waals surface area (Å²) in [4.78, 5) is 44.3. The number of carbonyl (C=O) groups excluding carboxylic acids is 3. The Morgan fingerprint density at radius 3 is 2.55 bits per heavy atom. The van der Waals surface area contributed by atoms with Crippen LogP contribution in [0.2, 0.25) is 0 Å². The maximum absolute atomic E-state index is 11.8. The summed E-state index contributed by atoms with van der Waals surface area (Å²) < 4.78 is 4.82. The van der Waals surface area contributed by atoms with Gasteiger partial charge in [-0.3, -0.25) is 20.2 Å². The second kappa shape index (κ2) is 7.02. The normalized spacial score (nSPS) is 11.2. The lowest BCUT2D eigenvalue weighted by Crippen LogP contribution is -2.43. The van der Waals surface area contributed by atoms with Crippen LogP contribution in [-0.2, 0) is 9.53 Å². The van der Waals surface area contributed by atoms with Gasteiger partial charge in [0.05, 0.1) is 10.5 Å². The standard InChI is InChI=1S/C12H14N4O6/c1-6(10(17)15-12(19)14-2)22-11(18)7-3-4-8(13)9(5-7)16(20)21/h3-6H,13H2,1-2H3,(H2,14,15,17,19)/t6-/m1/s1. The van der Waals surface area contributed by atoms with Crippen molar-refractivity contribution in [3.8, 4) is 0 Å². The summed E-state index contributed by atoms with van der Waals surface area (Å²) in [5, 5.41) is 14.8. The summed E-state index contributed by atoms with van der Waals surface area (Å²) in [7, 11) is 1.31. The Hall–Kier alpha value is -3.17. The molecule has 0 unspecified atom stereocenters. The number of nitro benzene ring substituents is 1. The topological polar surface area (TPSA) is 154 Å². The molecule has 10 nitrogen and oxygen atoms in total. The number of imide groups is 1. The van der Waals surface area contributed by atoms with Gasteiger partial charge in [0.15, 0.2) is 6.10 Å². The highest BCUT2D eigenvalue weighted by Gasteiger charge is 2.22. The predicted molar refractivity (Wildman–Crippen MR) is 75.0 cm³/mol. The summed E-state index contributed by atoms with van der Waals surface area (Å²) in [6.07, 6.45) is -1.26. The number of hydrogen-bond donors (Lipinski definition) is 3. The molecule has 1 rings (SSSR count). The van der Waals surface area contributed by atoms with E-state index in [0.29, 0.717) is 0 Å². The smallest absolute Gasteiger partial charge is 0.339 e. The van der Waals surface area contributed by atoms with Gasteiger partial charge in [-0.15, -0.1) is 0 Å². The van der Waals surface area contributed by atoms with E-state index in [-0.39, 0.29) is 11.3 Å². The van der Waals surface area contributed by atoms with Crippen molar-refractivity contribution < 1.29 is 24.0 Å². The van der Waals surface area contributed by atoms with Gasteiger partial charge < -0.3 is 15.8 Å². The summed E-state index contributed by atoms with van der Waals surface area (Å²) >= 11 is 0. The fourth-order valence-corrected chi connectivity index (χ4v) is 1.39. The Bertz CT molecular complexity index is 630. The number of amides is 3. The third kappa shape index (κ3) is 4.16. The fourth-order valence-electron chi connectivity index (χ4n) is 1.39. The molecule has 0 heterocycles. The first-order valence-electron chi connectivity index (χ1n) is 6.03. The number of ether oxygens (including phenoxy) is 1. The zero-order valence-corrected chi connectivity index (χ0v) is 11.8.